The average Bonchev–Trinajstić information content (AvgIpc) is 3.15. The number of hydrogen-bond acceptors (Lipinski definition) is 6. The lowest BCUT2D eigenvalue weighted by Crippen LogP contribution is -2.48. The number of amides is 1. The van der Waals surface area contributed by atoms with E-state index in [9.17, 15) is 4.79 Å². The number of nitrogens with zero attached hydrogens (tertiary/aromatic N) is 3. The summed E-state index contributed by atoms with van der Waals surface area (Å²) in [5, 5.41) is 3.96. The molecule has 4 rings (SSSR count). The van der Waals surface area contributed by atoms with E-state index >= 15 is 0 Å². The topological polar surface area (TPSA) is 68.0 Å². The van der Waals surface area contributed by atoms with Crippen molar-refractivity contribution in [1.29, 1.82) is 0 Å². The van der Waals surface area contributed by atoms with Crippen molar-refractivity contribution in [2.24, 2.45) is 0 Å². The highest BCUT2D eigenvalue weighted by Crippen LogP contribution is 2.24. The van der Waals surface area contributed by atoms with Gasteiger partial charge in [-0.15, -0.1) is 0 Å². The number of rotatable bonds is 7. The maximum atomic E-state index is 13.2. The molecule has 1 amide bonds. The minimum Gasteiger partial charge on any atom is -0.497 e. The van der Waals surface area contributed by atoms with Gasteiger partial charge in [-0.1, -0.05) is 29.4 Å². The molecule has 1 aliphatic rings. The molecule has 0 unspecified atom stereocenters. The van der Waals surface area contributed by atoms with Crippen LogP contribution in [0.5, 0.6) is 11.5 Å². The quantitative estimate of drug-likeness (QED) is 0.562. The van der Waals surface area contributed by atoms with Gasteiger partial charge in [0.25, 0.3) is 5.91 Å². The number of aryl methyl sites for hydroxylation is 2. The summed E-state index contributed by atoms with van der Waals surface area (Å²) in [5.74, 6) is 2.18. The fraction of sp³-hybridized carbons (Fsp3) is 0.360. The maximum absolute atomic E-state index is 13.2. The zero-order chi connectivity index (χ0) is 22.5. The van der Waals surface area contributed by atoms with Crippen molar-refractivity contribution < 1.29 is 18.8 Å². The van der Waals surface area contributed by atoms with E-state index < -0.39 is 0 Å². The van der Waals surface area contributed by atoms with Crippen LogP contribution in [0.2, 0.25) is 0 Å². The highest BCUT2D eigenvalue weighted by molar-refractivity contribution is 5.97. The fourth-order valence-electron chi connectivity index (χ4n) is 3.90. The number of benzene rings is 2. The van der Waals surface area contributed by atoms with E-state index in [0.717, 1.165) is 42.4 Å². The number of carbonyl (C=O) groups excluding carboxylic acids is 1. The number of para-hydroxylation sites is 1. The van der Waals surface area contributed by atoms with Crippen LogP contribution in [0.1, 0.15) is 32.9 Å². The third kappa shape index (κ3) is 4.94. The van der Waals surface area contributed by atoms with Crippen molar-refractivity contribution >= 4 is 5.91 Å². The van der Waals surface area contributed by atoms with Crippen molar-refractivity contribution in [3.8, 4) is 11.5 Å². The zero-order valence-corrected chi connectivity index (χ0v) is 18.8. The van der Waals surface area contributed by atoms with Gasteiger partial charge in [0.15, 0.2) is 0 Å². The number of methoxy groups -OCH3 is 1. The molecule has 3 aromatic rings. The summed E-state index contributed by atoms with van der Waals surface area (Å²) in [5.41, 5.74) is 3.55. The van der Waals surface area contributed by atoms with E-state index in [4.69, 9.17) is 14.0 Å². The zero-order valence-electron chi connectivity index (χ0n) is 18.8. The summed E-state index contributed by atoms with van der Waals surface area (Å²) < 4.78 is 16.4. The average molecular weight is 436 g/mol. The molecule has 2 aromatic carbocycles. The molecule has 0 radical (unpaired) electrons. The van der Waals surface area contributed by atoms with Gasteiger partial charge in [0.05, 0.1) is 23.9 Å². The number of piperazine rings is 1. The van der Waals surface area contributed by atoms with Crippen LogP contribution in [0, 0.1) is 13.8 Å². The molecule has 7 nitrogen and oxygen atoms in total. The Balaban J connectivity index is 1.35. The Labute approximate surface area is 188 Å². The van der Waals surface area contributed by atoms with Gasteiger partial charge in [-0.2, -0.15) is 0 Å². The van der Waals surface area contributed by atoms with Crippen LogP contribution in [0.4, 0.5) is 0 Å². The Morgan fingerprint density at radius 1 is 1.03 bits per heavy atom. The third-order valence-corrected chi connectivity index (χ3v) is 5.90. The lowest BCUT2D eigenvalue weighted by Gasteiger charge is -2.35. The van der Waals surface area contributed by atoms with Crippen LogP contribution in [0.25, 0.3) is 0 Å². The van der Waals surface area contributed by atoms with Gasteiger partial charge >= 0.3 is 0 Å². The second-order valence-electron chi connectivity index (χ2n) is 8.00. The first-order valence-corrected chi connectivity index (χ1v) is 10.8. The predicted octanol–water partition coefficient (Wildman–Crippen LogP) is 3.84. The van der Waals surface area contributed by atoms with Crippen LogP contribution in [0.15, 0.2) is 53.1 Å². The molecule has 1 fully saturated rings. The molecule has 0 spiro atoms. The largest absolute Gasteiger partial charge is 0.497 e. The van der Waals surface area contributed by atoms with Crippen molar-refractivity contribution in [1.82, 2.24) is 15.0 Å². The minimum atomic E-state index is 0.00320. The normalized spacial score (nSPS) is 14.4. The molecule has 1 saturated heterocycles. The summed E-state index contributed by atoms with van der Waals surface area (Å²) in [6.45, 7) is 7.98. The summed E-state index contributed by atoms with van der Waals surface area (Å²) in [7, 11) is 1.67. The number of carbonyl (C=O) groups is 1. The van der Waals surface area contributed by atoms with E-state index in [-0.39, 0.29) is 5.91 Å². The lowest BCUT2D eigenvalue weighted by molar-refractivity contribution is 0.0624. The molecule has 0 N–H and O–H groups in total. The summed E-state index contributed by atoms with van der Waals surface area (Å²) >= 11 is 0. The molecular formula is C25H29N3O4. The Morgan fingerprint density at radius 3 is 2.41 bits per heavy atom. The van der Waals surface area contributed by atoms with Gasteiger partial charge in [0, 0.05) is 32.7 Å². The molecule has 32 heavy (non-hydrogen) atoms. The molecule has 1 aromatic heterocycles. The van der Waals surface area contributed by atoms with Gasteiger partial charge in [0.2, 0.25) is 0 Å². The van der Waals surface area contributed by atoms with Crippen molar-refractivity contribution in [2.75, 3.05) is 33.3 Å². The van der Waals surface area contributed by atoms with Crippen molar-refractivity contribution in [2.45, 2.75) is 27.0 Å². The van der Waals surface area contributed by atoms with Crippen molar-refractivity contribution in [3.05, 3.63) is 76.7 Å². The molecule has 0 saturated carbocycles. The number of ether oxygens (including phenoxy) is 2. The van der Waals surface area contributed by atoms with Crippen LogP contribution in [0.3, 0.4) is 0 Å². The summed E-state index contributed by atoms with van der Waals surface area (Å²) in [6, 6.07) is 15.6. The second kappa shape index (κ2) is 9.87. The van der Waals surface area contributed by atoms with Crippen LogP contribution in [-0.2, 0) is 13.2 Å². The van der Waals surface area contributed by atoms with E-state index in [2.05, 4.69) is 22.2 Å². The molecule has 0 bridgehead atoms. The Kier molecular flexibility index (Phi) is 6.75. The fourth-order valence-corrected chi connectivity index (χ4v) is 3.90. The van der Waals surface area contributed by atoms with Crippen molar-refractivity contribution in [3.63, 3.8) is 0 Å². The number of aromatic nitrogens is 1. The highest BCUT2D eigenvalue weighted by atomic mass is 16.5. The lowest BCUT2D eigenvalue weighted by atomic mass is 10.1. The first kappa shape index (κ1) is 21.9. The number of hydrogen-bond donors (Lipinski definition) is 0. The Hall–Kier alpha value is -3.32. The van der Waals surface area contributed by atoms with E-state index in [1.165, 1.54) is 5.56 Å². The predicted molar refractivity (Wildman–Crippen MR) is 121 cm³/mol. The molecule has 0 atom stereocenters. The van der Waals surface area contributed by atoms with Gasteiger partial charge < -0.3 is 18.9 Å². The molecule has 2 heterocycles. The SMILES string of the molecule is COc1ccc(CN2CCN(C(=O)c3ccccc3OCc3c(C)noc3C)CC2)cc1. The highest BCUT2D eigenvalue weighted by Gasteiger charge is 2.24. The van der Waals surface area contributed by atoms with Gasteiger partial charge in [-0.3, -0.25) is 9.69 Å². The molecule has 7 heteroatoms. The van der Waals surface area contributed by atoms with Crippen LogP contribution < -0.4 is 9.47 Å². The monoisotopic (exact) mass is 435 g/mol. The first-order valence-electron chi connectivity index (χ1n) is 10.8. The van der Waals surface area contributed by atoms with Gasteiger partial charge in [-0.25, -0.2) is 0 Å². The van der Waals surface area contributed by atoms with Gasteiger partial charge in [0.1, 0.15) is 23.9 Å². The standard InChI is InChI=1S/C25H29N3O4/c1-18-23(19(2)32-26-18)17-31-24-7-5-4-6-22(24)25(29)28-14-12-27(13-15-28)16-20-8-10-21(30-3)11-9-20/h4-11H,12-17H2,1-3H3. The van der Waals surface area contributed by atoms with Crippen LogP contribution >= 0.6 is 0 Å². The Morgan fingerprint density at radius 2 is 1.75 bits per heavy atom. The molecule has 0 aliphatic carbocycles. The van der Waals surface area contributed by atoms with E-state index in [1.807, 2.05) is 55.1 Å². The maximum Gasteiger partial charge on any atom is 0.257 e. The minimum absolute atomic E-state index is 0.00320. The van der Waals surface area contributed by atoms with E-state index in [1.54, 1.807) is 7.11 Å². The Bertz CT molecular complexity index is 1030. The van der Waals surface area contributed by atoms with Gasteiger partial charge in [-0.05, 0) is 43.7 Å². The summed E-state index contributed by atoms with van der Waals surface area (Å²) in [4.78, 5) is 17.5. The molecule has 1 aliphatic heterocycles. The van der Waals surface area contributed by atoms with E-state index in [0.29, 0.717) is 31.0 Å². The first-order chi connectivity index (χ1) is 15.5. The molecular weight excluding hydrogens is 406 g/mol. The molecule has 168 valence electrons. The second-order valence-corrected chi connectivity index (χ2v) is 8.00. The van der Waals surface area contributed by atoms with Crippen LogP contribution in [-0.4, -0.2) is 54.2 Å². The smallest absolute Gasteiger partial charge is 0.257 e. The third-order valence-electron chi connectivity index (χ3n) is 5.90. The summed E-state index contributed by atoms with van der Waals surface area (Å²) in [6.07, 6.45) is 0.